The fraction of sp³-hybridized carbons (Fsp3) is 0.500. The van der Waals surface area contributed by atoms with E-state index < -0.39 is 18.0 Å². The van der Waals surface area contributed by atoms with Gasteiger partial charge in [0.25, 0.3) is 0 Å². The van der Waals surface area contributed by atoms with E-state index in [4.69, 9.17) is 4.74 Å². The average molecular weight is 503 g/mol. The van der Waals surface area contributed by atoms with Gasteiger partial charge < -0.3 is 9.84 Å². The number of fused-ring (bicyclic) bond motifs is 2. The van der Waals surface area contributed by atoms with Crippen molar-refractivity contribution in [2.45, 2.75) is 83.7 Å². The van der Waals surface area contributed by atoms with E-state index in [2.05, 4.69) is 39.6 Å². The molecule has 2 aromatic carbocycles. The number of ether oxygens (including phenoxy) is 1. The third-order valence-corrected chi connectivity index (χ3v) is 7.33. The van der Waals surface area contributed by atoms with Gasteiger partial charge in [0, 0.05) is 0 Å². The molecule has 5 nitrogen and oxygen atoms in total. The number of benzene rings is 2. The van der Waals surface area contributed by atoms with E-state index in [9.17, 15) is 23.1 Å². The Labute approximate surface area is 209 Å². The Kier molecular flexibility index (Phi) is 6.60. The number of rotatable bonds is 7. The number of halogens is 3. The number of hydrogen-bond donors (Lipinski definition) is 1. The second-order valence-electron chi connectivity index (χ2n) is 11.0. The smallest absolute Gasteiger partial charge is 0.450 e. The number of alkyl halides is 3. The third-order valence-electron chi connectivity index (χ3n) is 7.33. The Morgan fingerprint density at radius 1 is 1.06 bits per heavy atom. The van der Waals surface area contributed by atoms with Gasteiger partial charge >= 0.3 is 12.1 Å². The van der Waals surface area contributed by atoms with Crippen LogP contribution in [0.3, 0.4) is 0 Å². The van der Waals surface area contributed by atoms with Crippen molar-refractivity contribution in [2.24, 2.45) is 0 Å². The first-order valence-electron chi connectivity index (χ1n) is 12.4. The van der Waals surface area contributed by atoms with Crippen LogP contribution in [0.5, 0.6) is 5.75 Å². The second-order valence-corrected chi connectivity index (χ2v) is 11.0. The summed E-state index contributed by atoms with van der Waals surface area (Å²) in [6.07, 6.45) is -0.146. The zero-order valence-electron chi connectivity index (χ0n) is 21.4. The van der Waals surface area contributed by atoms with Gasteiger partial charge in [0.05, 0.1) is 28.9 Å². The van der Waals surface area contributed by atoms with E-state index in [1.54, 1.807) is 0 Å². The van der Waals surface area contributed by atoms with E-state index in [-0.39, 0.29) is 33.1 Å². The molecule has 3 aromatic rings. The van der Waals surface area contributed by atoms with Crippen LogP contribution in [-0.4, -0.2) is 27.2 Å². The number of carboxylic acid groups (broad SMARTS) is 1. The SMILES string of the molecule is CCCCCOc1cc2c(cc1-n1c(C(F)(F)F)nc3cc(C(=O)O)ccc31)C(C)(C)CCC2(C)C. The minimum Gasteiger partial charge on any atom is -0.491 e. The molecule has 1 aliphatic carbocycles. The first-order chi connectivity index (χ1) is 16.8. The minimum atomic E-state index is -4.76. The Morgan fingerprint density at radius 2 is 1.69 bits per heavy atom. The standard InChI is InChI=1S/C28H33F3N2O3/c1-6-7-8-13-36-23-16-19-18(26(2,3)11-12-27(19,4)5)15-22(23)33-21-10-9-17(24(34)35)14-20(21)32-25(33)28(29,30)31/h9-10,14-16H,6-8,11-13H2,1-5H3,(H,34,35). The number of nitrogens with zero attached hydrogens (tertiary/aromatic N) is 2. The van der Waals surface area contributed by atoms with Crippen molar-refractivity contribution in [3.05, 3.63) is 52.8 Å². The van der Waals surface area contributed by atoms with Crippen LogP contribution in [-0.2, 0) is 17.0 Å². The van der Waals surface area contributed by atoms with Crippen LogP contribution in [0, 0.1) is 0 Å². The van der Waals surface area contributed by atoms with Gasteiger partial charge in [-0.2, -0.15) is 13.2 Å². The van der Waals surface area contributed by atoms with Gasteiger partial charge in [0.1, 0.15) is 5.75 Å². The van der Waals surface area contributed by atoms with Crippen LogP contribution >= 0.6 is 0 Å². The predicted octanol–water partition coefficient (Wildman–Crippen LogP) is 7.66. The fourth-order valence-corrected chi connectivity index (χ4v) is 5.05. The van der Waals surface area contributed by atoms with Crippen molar-refractivity contribution in [1.29, 1.82) is 0 Å². The van der Waals surface area contributed by atoms with Crippen molar-refractivity contribution in [3.8, 4) is 11.4 Å². The largest absolute Gasteiger partial charge is 0.491 e. The number of aromatic carboxylic acids is 1. The average Bonchev–Trinajstić information content (AvgIpc) is 3.19. The number of hydrogen-bond acceptors (Lipinski definition) is 3. The van der Waals surface area contributed by atoms with Crippen LogP contribution in [0.25, 0.3) is 16.7 Å². The molecule has 0 spiro atoms. The molecule has 0 saturated carbocycles. The molecule has 8 heteroatoms. The summed E-state index contributed by atoms with van der Waals surface area (Å²) in [6.45, 7) is 11.0. The lowest BCUT2D eigenvalue weighted by Gasteiger charge is -2.42. The zero-order valence-corrected chi connectivity index (χ0v) is 21.4. The fourth-order valence-electron chi connectivity index (χ4n) is 5.05. The van der Waals surface area contributed by atoms with Crippen molar-refractivity contribution in [2.75, 3.05) is 6.61 Å². The van der Waals surface area contributed by atoms with E-state index >= 15 is 0 Å². The number of unbranched alkanes of at least 4 members (excludes halogenated alkanes) is 2. The van der Waals surface area contributed by atoms with E-state index in [0.717, 1.165) is 47.8 Å². The highest BCUT2D eigenvalue weighted by Gasteiger charge is 2.41. The normalized spacial score (nSPS) is 16.7. The summed E-state index contributed by atoms with van der Waals surface area (Å²) in [5, 5.41) is 9.34. The molecule has 0 bridgehead atoms. The molecule has 0 aliphatic heterocycles. The van der Waals surface area contributed by atoms with E-state index in [0.29, 0.717) is 12.4 Å². The monoisotopic (exact) mass is 502 g/mol. The molecule has 0 unspecified atom stereocenters. The second kappa shape index (κ2) is 9.12. The van der Waals surface area contributed by atoms with Crippen molar-refractivity contribution >= 4 is 17.0 Å². The van der Waals surface area contributed by atoms with Crippen molar-refractivity contribution in [1.82, 2.24) is 9.55 Å². The van der Waals surface area contributed by atoms with Crippen LogP contribution in [0.4, 0.5) is 13.2 Å². The highest BCUT2D eigenvalue weighted by molar-refractivity contribution is 5.93. The molecule has 1 aromatic heterocycles. The van der Waals surface area contributed by atoms with Crippen LogP contribution < -0.4 is 4.74 Å². The topological polar surface area (TPSA) is 64.4 Å². The molecule has 0 saturated heterocycles. The third kappa shape index (κ3) is 4.70. The highest BCUT2D eigenvalue weighted by Crippen LogP contribution is 2.49. The maximum absolute atomic E-state index is 14.3. The summed E-state index contributed by atoms with van der Waals surface area (Å²) in [6, 6.07) is 7.60. The Morgan fingerprint density at radius 3 is 2.28 bits per heavy atom. The summed E-state index contributed by atoms with van der Waals surface area (Å²) >= 11 is 0. The first kappa shape index (κ1) is 26.0. The van der Waals surface area contributed by atoms with Crippen LogP contribution in [0.2, 0.25) is 0 Å². The summed E-state index contributed by atoms with van der Waals surface area (Å²) in [5.41, 5.74) is 2.00. The summed E-state index contributed by atoms with van der Waals surface area (Å²) in [5.74, 6) is -1.95. The quantitative estimate of drug-likeness (QED) is 0.337. The summed E-state index contributed by atoms with van der Waals surface area (Å²) in [7, 11) is 0. The lowest BCUT2D eigenvalue weighted by molar-refractivity contribution is -0.145. The van der Waals surface area contributed by atoms with Gasteiger partial charge in [0.2, 0.25) is 5.82 Å². The lowest BCUT2D eigenvalue weighted by atomic mass is 9.63. The van der Waals surface area contributed by atoms with Gasteiger partial charge in [-0.1, -0.05) is 47.5 Å². The number of carboxylic acids is 1. The summed E-state index contributed by atoms with van der Waals surface area (Å²) in [4.78, 5) is 15.3. The molecular weight excluding hydrogens is 469 g/mol. The molecule has 194 valence electrons. The molecule has 36 heavy (non-hydrogen) atoms. The van der Waals surface area contributed by atoms with Crippen molar-refractivity contribution in [3.63, 3.8) is 0 Å². The molecule has 1 N–H and O–H groups in total. The lowest BCUT2D eigenvalue weighted by Crippen LogP contribution is -2.34. The predicted molar refractivity (Wildman–Crippen MR) is 133 cm³/mol. The Hall–Kier alpha value is -3.03. The zero-order chi connectivity index (χ0) is 26.5. The van der Waals surface area contributed by atoms with Crippen LogP contribution in [0.1, 0.15) is 94.0 Å². The van der Waals surface area contributed by atoms with Gasteiger partial charge in [-0.25, -0.2) is 9.78 Å². The molecule has 0 atom stereocenters. The highest BCUT2D eigenvalue weighted by atomic mass is 19.4. The number of carbonyl (C=O) groups is 1. The molecule has 0 radical (unpaired) electrons. The van der Waals surface area contributed by atoms with Gasteiger partial charge in [-0.05, 0) is 71.6 Å². The van der Waals surface area contributed by atoms with E-state index in [1.807, 2.05) is 12.1 Å². The Balaban J connectivity index is 2.02. The maximum Gasteiger partial charge on any atom is 0.450 e. The van der Waals surface area contributed by atoms with Gasteiger partial charge in [0.15, 0.2) is 0 Å². The molecular formula is C28H33F3N2O3. The maximum atomic E-state index is 14.3. The first-order valence-corrected chi connectivity index (χ1v) is 12.4. The Bertz CT molecular complexity index is 1310. The van der Waals surface area contributed by atoms with Gasteiger partial charge in [-0.3, -0.25) is 4.57 Å². The molecule has 4 rings (SSSR count). The molecule has 0 fully saturated rings. The van der Waals surface area contributed by atoms with Crippen LogP contribution in [0.15, 0.2) is 30.3 Å². The number of imidazole rings is 1. The molecule has 1 heterocycles. The van der Waals surface area contributed by atoms with E-state index in [1.165, 1.54) is 18.2 Å². The number of aromatic nitrogens is 2. The summed E-state index contributed by atoms with van der Waals surface area (Å²) < 4.78 is 50.1. The minimum absolute atomic E-state index is 0.0310. The molecule has 1 aliphatic rings. The van der Waals surface area contributed by atoms with Gasteiger partial charge in [-0.15, -0.1) is 0 Å². The molecule has 0 amide bonds. The van der Waals surface area contributed by atoms with Crippen molar-refractivity contribution < 1.29 is 27.8 Å².